The van der Waals surface area contributed by atoms with Crippen molar-refractivity contribution in [2.45, 2.75) is 44.6 Å². The van der Waals surface area contributed by atoms with E-state index in [1.807, 2.05) is 20.8 Å². The second-order valence-electron chi connectivity index (χ2n) is 5.66. The molecule has 0 heterocycles. The molecule has 21 heavy (non-hydrogen) atoms. The molecule has 0 aliphatic rings. The summed E-state index contributed by atoms with van der Waals surface area (Å²) in [5.74, 6) is -0.298. The molecule has 7 heteroatoms. The third kappa shape index (κ3) is 3.75. The lowest BCUT2D eigenvalue weighted by Crippen LogP contribution is -2.44. The van der Waals surface area contributed by atoms with Crippen molar-refractivity contribution in [2.75, 3.05) is 7.05 Å². The highest BCUT2D eigenvalue weighted by atomic mass is 35.5. The van der Waals surface area contributed by atoms with Crippen LogP contribution in [0.25, 0.3) is 0 Å². The molecule has 0 bridgehead atoms. The minimum absolute atomic E-state index is 0.124. The molecule has 0 saturated heterocycles. The van der Waals surface area contributed by atoms with Gasteiger partial charge >= 0.3 is 0 Å². The van der Waals surface area contributed by atoms with Crippen molar-refractivity contribution in [2.24, 2.45) is 5.14 Å². The average molecular weight is 333 g/mol. The maximum Gasteiger partial charge on any atom is 0.254 e. The van der Waals surface area contributed by atoms with E-state index in [1.54, 1.807) is 18.9 Å². The van der Waals surface area contributed by atoms with E-state index in [0.717, 1.165) is 6.42 Å². The van der Waals surface area contributed by atoms with Crippen molar-refractivity contribution in [3.05, 3.63) is 28.3 Å². The van der Waals surface area contributed by atoms with Crippen molar-refractivity contribution in [1.29, 1.82) is 0 Å². The fraction of sp³-hybridized carbons (Fsp3) is 0.500. The van der Waals surface area contributed by atoms with E-state index in [4.69, 9.17) is 16.7 Å². The molecule has 0 saturated carbocycles. The Morgan fingerprint density at radius 1 is 1.38 bits per heavy atom. The first-order chi connectivity index (χ1) is 9.41. The molecule has 0 atom stereocenters. The van der Waals surface area contributed by atoms with Crippen molar-refractivity contribution < 1.29 is 13.2 Å². The van der Waals surface area contributed by atoms with Crippen LogP contribution in [0.15, 0.2) is 17.0 Å². The molecule has 0 spiro atoms. The minimum Gasteiger partial charge on any atom is -0.337 e. The molecule has 1 aromatic rings. The first kappa shape index (κ1) is 17.9. The van der Waals surface area contributed by atoms with E-state index in [1.165, 1.54) is 12.1 Å². The Balaban J connectivity index is 3.40. The zero-order chi connectivity index (χ0) is 16.6. The summed E-state index contributed by atoms with van der Waals surface area (Å²) in [7, 11) is -2.26. The summed E-state index contributed by atoms with van der Waals surface area (Å²) in [6.07, 6.45) is 0.761. The fourth-order valence-corrected chi connectivity index (χ4v) is 2.88. The molecule has 0 aliphatic heterocycles. The Bertz CT molecular complexity index is 669. The van der Waals surface area contributed by atoms with Gasteiger partial charge in [0.25, 0.3) is 5.91 Å². The van der Waals surface area contributed by atoms with E-state index in [2.05, 4.69) is 0 Å². The predicted octanol–water partition coefficient (Wildman–Crippen LogP) is 2.56. The fourth-order valence-electron chi connectivity index (χ4n) is 1.78. The monoisotopic (exact) mass is 332 g/mol. The van der Waals surface area contributed by atoms with Gasteiger partial charge in [0.05, 0.1) is 4.90 Å². The Hall–Kier alpha value is -1.11. The van der Waals surface area contributed by atoms with Gasteiger partial charge in [-0.2, -0.15) is 0 Å². The van der Waals surface area contributed by atoms with Gasteiger partial charge in [-0.05, 0) is 44.9 Å². The van der Waals surface area contributed by atoms with Gasteiger partial charge in [-0.3, -0.25) is 4.79 Å². The molecule has 1 aromatic carbocycles. The zero-order valence-electron chi connectivity index (χ0n) is 12.9. The molecule has 1 rings (SSSR count). The van der Waals surface area contributed by atoms with Gasteiger partial charge in [0.15, 0.2) is 0 Å². The van der Waals surface area contributed by atoms with E-state index in [0.29, 0.717) is 5.56 Å². The molecule has 0 fully saturated rings. The summed E-state index contributed by atoms with van der Waals surface area (Å²) in [4.78, 5) is 14.0. The van der Waals surface area contributed by atoms with Crippen molar-refractivity contribution >= 4 is 27.5 Å². The number of rotatable bonds is 4. The van der Waals surface area contributed by atoms with E-state index in [9.17, 15) is 13.2 Å². The highest BCUT2D eigenvalue weighted by molar-refractivity contribution is 7.89. The SMILES string of the molecule is CCC(C)(C)N(C)C(=O)c1cc(Cl)c(C)c(S(N)(=O)=O)c1. The summed E-state index contributed by atoms with van der Waals surface area (Å²) in [6, 6.07) is 2.75. The molecular formula is C14H21ClN2O3S. The molecule has 2 N–H and O–H groups in total. The first-order valence-corrected chi connectivity index (χ1v) is 8.45. The Kier molecular flexibility index (Phi) is 5.08. The molecular weight excluding hydrogens is 312 g/mol. The highest BCUT2D eigenvalue weighted by Gasteiger charge is 2.28. The summed E-state index contributed by atoms with van der Waals surface area (Å²) in [5.41, 5.74) is 0.197. The van der Waals surface area contributed by atoms with Crippen LogP contribution in [-0.4, -0.2) is 31.8 Å². The van der Waals surface area contributed by atoms with Crippen LogP contribution in [0.5, 0.6) is 0 Å². The highest BCUT2D eigenvalue weighted by Crippen LogP contribution is 2.27. The number of benzene rings is 1. The van der Waals surface area contributed by atoms with Gasteiger partial charge in [0, 0.05) is 23.2 Å². The normalized spacial score (nSPS) is 12.3. The number of nitrogens with two attached hydrogens (primary N) is 1. The number of sulfonamides is 1. The van der Waals surface area contributed by atoms with Crippen molar-refractivity contribution in [3.8, 4) is 0 Å². The Morgan fingerprint density at radius 2 is 1.90 bits per heavy atom. The number of carbonyl (C=O) groups is 1. The van der Waals surface area contributed by atoms with Crippen LogP contribution in [0, 0.1) is 6.92 Å². The van der Waals surface area contributed by atoms with Gasteiger partial charge in [-0.15, -0.1) is 0 Å². The number of hydrogen-bond donors (Lipinski definition) is 1. The third-order valence-corrected chi connectivity index (χ3v) is 5.36. The van der Waals surface area contributed by atoms with Crippen LogP contribution >= 0.6 is 11.6 Å². The number of nitrogens with zero attached hydrogens (tertiary/aromatic N) is 1. The van der Waals surface area contributed by atoms with Crippen LogP contribution in [0.4, 0.5) is 0 Å². The predicted molar refractivity (Wildman–Crippen MR) is 84.0 cm³/mol. The van der Waals surface area contributed by atoms with Gasteiger partial charge in [-0.25, -0.2) is 13.6 Å². The lowest BCUT2D eigenvalue weighted by atomic mass is 9.98. The second kappa shape index (κ2) is 5.94. The van der Waals surface area contributed by atoms with Crippen LogP contribution < -0.4 is 5.14 Å². The summed E-state index contributed by atoms with van der Waals surface area (Å²) in [6.45, 7) is 7.39. The topological polar surface area (TPSA) is 80.5 Å². The van der Waals surface area contributed by atoms with Crippen molar-refractivity contribution in [1.82, 2.24) is 4.90 Å². The minimum atomic E-state index is -3.93. The van der Waals surface area contributed by atoms with Crippen LogP contribution in [0.2, 0.25) is 5.02 Å². The smallest absolute Gasteiger partial charge is 0.254 e. The quantitative estimate of drug-likeness (QED) is 0.920. The standard InChI is InChI=1S/C14H21ClN2O3S/c1-6-14(3,4)17(5)13(18)10-7-11(15)9(2)12(8-10)21(16,19)20/h7-8H,6H2,1-5H3,(H2,16,19,20). The Labute approximate surface area is 131 Å². The molecule has 0 radical (unpaired) electrons. The number of halogens is 1. The van der Waals surface area contributed by atoms with Gasteiger partial charge in [0.2, 0.25) is 10.0 Å². The molecule has 118 valence electrons. The molecule has 0 aromatic heterocycles. The van der Waals surface area contributed by atoms with Gasteiger partial charge < -0.3 is 4.90 Å². The van der Waals surface area contributed by atoms with E-state index >= 15 is 0 Å². The first-order valence-electron chi connectivity index (χ1n) is 6.53. The molecule has 5 nitrogen and oxygen atoms in total. The van der Waals surface area contributed by atoms with Crippen molar-refractivity contribution in [3.63, 3.8) is 0 Å². The Morgan fingerprint density at radius 3 is 2.33 bits per heavy atom. The number of hydrogen-bond acceptors (Lipinski definition) is 3. The van der Waals surface area contributed by atoms with Gasteiger partial charge in [-0.1, -0.05) is 18.5 Å². The second-order valence-corrected chi connectivity index (χ2v) is 7.59. The number of primary sulfonamides is 1. The maximum atomic E-state index is 12.5. The largest absolute Gasteiger partial charge is 0.337 e. The lowest BCUT2D eigenvalue weighted by molar-refractivity contribution is 0.0620. The molecule has 0 unspecified atom stereocenters. The summed E-state index contributed by atoms with van der Waals surface area (Å²) < 4.78 is 23.2. The number of carbonyl (C=O) groups excluding carboxylic acids is 1. The summed E-state index contributed by atoms with van der Waals surface area (Å²) >= 11 is 6.03. The molecule has 1 amide bonds. The zero-order valence-corrected chi connectivity index (χ0v) is 14.5. The van der Waals surface area contributed by atoms with E-state index in [-0.39, 0.29) is 26.9 Å². The summed E-state index contributed by atoms with van der Waals surface area (Å²) in [5, 5.41) is 5.37. The van der Waals surface area contributed by atoms with Crippen LogP contribution in [-0.2, 0) is 10.0 Å². The maximum absolute atomic E-state index is 12.5. The van der Waals surface area contributed by atoms with Crippen LogP contribution in [0.1, 0.15) is 43.1 Å². The molecule has 0 aliphatic carbocycles. The number of amides is 1. The lowest BCUT2D eigenvalue weighted by Gasteiger charge is -2.35. The average Bonchev–Trinajstić information content (AvgIpc) is 2.38. The van der Waals surface area contributed by atoms with Crippen LogP contribution in [0.3, 0.4) is 0 Å². The van der Waals surface area contributed by atoms with Gasteiger partial charge in [0.1, 0.15) is 0 Å². The third-order valence-electron chi connectivity index (χ3n) is 3.93. The van der Waals surface area contributed by atoms with E-state index < -0.39 is 10.0 Å².